The van der Waals surface area contributed by atoms with E-state index in [4.69, 9.17) is 5.73 Å². The minimum absolute atomic E-state index is 0.533. The summed E-state index contributed by atoms with van der Waals surface area (Å²) < 4.78 is 1.76. The van der Waals surface area contributed by atoms with Crippen molar-refractivity contribution in [3.8, 4) is 0 Å². The van der Waals surface area contributed by atoms with Gasteiger partial charge in [0.1, 0.15) is 15.8 Å². The lowest BCUT2D eigenvalue weighted by Gasteiger charge is -1.94. The lowest BCUT2D eigenvalue weighted by Crippen LogP contribution is -2.00. The third-order valence-corrected chi connectivity index (χ3v) is 2.82. The van der Waals surface area contributed by atoms with Crippen LogP contribution in [0.1, 0.15) is 16.9 Å². The van der Waals surface area contributed by atoms with Crippen LogP contribution in [0.2, 0.25) is 0 Å². The molecule has 5 nitrogen and oxygen atoms in total. The van der Waals surface area contributed by atoms with Crippen molar-refractivity contribution in [2.75, 3.05) is 5.73 Å². The van der Waals surface area contributed by atoms with E-state index in [0.29, 0.717) is 12.4 Å². The molecule has 0 aliphatic heterocycles. The molecule has 2 heterocycles. The van der Waals surface area contributed by atoms with Crippen LogP contribution >= 0.6 is 11.3 Å². The number of rotatable bonds is 3. The lowest BCUT2D eigenvalue weighted by atomic mass is 10.5. The lowest BCUT2D eigenvalue weighted by molar-refractivity contribution is 0.680. The van der Waals surface area contributed by atoms with Crippen molar-refractivity contribution in [3.63, 3.8) is 0 Å². The van der Waals surface area contributed by atoms with Crippen LogP contribution in [0.4, 0.5) is 5.82 Å². The van der Waals surface area contributed by atoms with Crippen molar-refractivity contribution in [2.24, 2.45) is 0 Å². The van der Waals surface area contributed by atoms with Gasteiger partial charge in [-0.05, 0) is 12.5 Å². The number of anilines is 1. The molecular formula is C8H11N5S. The molecule has 0 fully saturated rings. The average molecular weight is 209 g/mol. The van der Waals surface area contributed by atoms with Crippen LogP contribution in [0, 0.1) is 0 Å². The van der Waals surface area contributed by atoms with E-state index >= 15 is 0 Å². The fraction of sp³-hybridized carbons (Fsp3) is 0.375. The predicted octanol–water partition coefficient (Wildman–Crippen LogP) is 0.927. The Labute approximate surface area is 85.6 Å². The van der Waals surface area contributed by atoms with Crippen molar-refractivity contribution < 1.29 is 0 Å². The molecule has 2 N–H and O–H groups in total. The van der Waals surface area contributed by atoms with E-state index in [1.54, 1.807) is 22.1 Å². The van der Waals surface area contributed by atoms with Gasteiger partial charge in [-0.3, -0.25) is 4.68 Å². The van der Waals surface area contributed by atoms with Gasteiger partial charge in [0.2, 0.25) is 0 Å². The molecule has 0 unspecified atom stereocenters. The molecule has 74 valence electrons. The van der Waals surface area contributed by atoms with Crippen LogP contribution in [0.25, 0.3) is 0 Å². The minimum atomic E-state index is 0.533. The Balaban J connectivity index is 2.10. The fourth-order valence-electron chi connectivity index (χ4n) is 1.10. The molecule has 0 spiro atoms. The number of hydrogen-bond acceptors (Lipinski definition) is 5. The standard InChI is InChI=1S/C8H11N5S/c1-2-7-10-11-8(14-7)5-13-4-3-6(9)12-13/h3-4H,2,5H2,1H3,(H2,9,12). The summed E-state index contributed by atoms with van der Waals surface area (Å²) in [5.41, 5.74) is 5.50. The molecule has 2 aromatic rings. The van der Waals surface area contributed by atoms with Crippen molar-refractivity contribution in [2.45, 2.75) is 19.9 Å². The van der Waals surface area contributed by atoms with E-state index in [0.717, 1.165) is 16.4 Å². The van der Waals surface area contributed by atoms with Gasteiger partial charge >= 0.3 is 0 Å². The molecule has 0 aromatic carbocycles. The molecule has 0 aliphatic carbocycles. The Kier molecular flexibility index (Phi) is 2.45. The van der Waals surface area contributed by atoms with Crippen molar-refractivity contribution in [3.05, 3.63) is 22.3 Å². The van der Waals surface area contributed by atoms with Crippen LogP contribution in [-0.2, 0) is 13.0 Å². The number of aryl methyl sites for hydroxylation is 1. The predicted molar refractivity (Wildman–Crippen MR) is 55.0 cm³/mol. The first-order valence-electron chi connectivity index (χ1n) is 4.38. The zero-order chi connectivity index (χ0) is 9.97. The molecule has 6 heteroatoms. The van der Waals surface area contributed by atoms with Gasteiger partial charge in [-0.1, -0.05) is 18.3 Å². The topological polar surface area (TPSA) is 69.6 Å². The smallest absolute Gasteiger partial charge is 0.145 e. The van der Waals surface area contributed by atoms with Crippen LogP contribution in [0.3, 0.4) is 0 Å². The number of nitrogens with two attached hydrogens (primary N) is 1. The Morgan fingerprint density at radius 3 is 2.79 bits per heavy atom. The first kappa shape index (κ1) is 9.14. The van der Waals surface area contributed by atoms with Crippen LogP contribution in [0.15, 0.2) is 12.3 Å². The summed E-state index contributed by atoms with van der Waals surface area (Å²) in [6.07, 6.45) is 2.77. The maximum Gasteiger partial charge on any atom is 0.145 e. The van der Waals surface area contributed by atoms with E-state index in [1.807, 2.05) is 6.20 Å². The van der Waals surface area contributed by atoms with Crippen molar-refractivity contribution >= 4 is 17.2 Å². The van der Waals surface area contributed by atoms with Gasteiger partial charge in [-0.15, -0.1) is 10.2 Å². The Bertz CT molecular complexity index is 419. The largest absolute Gasteiger partial charge is 0.382 e. The summed E-state index contributed by atoms with van der Waals surface area (Å²) in [6.45, 7) is 2.71. The highest BCUT2D eigenvalue weighted by molar-refractivity contribution is 7.11. The quantitative estimate of drug-likeness (QED) is 0.816. The van der Waals surface area contributed by atoms with Gasteiger partial charge in [0.25, 0.3) is 0 Å². The van der Waals surface area contributed by atoms with E-state index in [2.05, 4.69) is 22.2 Å². The van der Waals surface area contributed by atoms with Gasteiger partial charge in [-0.2, -0.15) is 5.10 Å². The highest BCUT2D eigenvalue weighted by Crippen LogP contribution is 2.11. The molecule has 0 aliphatic rings. The molecule has 0 bridgehead atoms. The first-order valence-corrected chi connectivity index (χ1v) is 5.19. The third-order valence-electron chi connectivity index (χ3n) is 1.77. The maximum atomic E-state index is 5.50. The number of aromatic nitrogens is 4. The molecule has 2 rings (SSSR count). The second kappa shape index (κ2) is 3.75. The van der Waals surface area contributed by atoms with Gasteiger partial charge in [0.15, 0.2) is 0 Å². The highest BCUT2D eigenvalue weighted by atomic mass is 32.1. The SMILES string of the molecule is CCc1nnc(Cn2ccc(N)n2)s1. The van der Waals surface area contributed by atoms with E-state index < -0.39 is 0 Å². The first-order chi connectivity index (χ1) is 6.78. The summed E-state index contributed by atoms with van der Waals surface area (Å²) in [4.78, 5) is 0. The number of nitrogens with zero attached hydrogens (tertiary/aromatic N) is 4. The zero-order valence-corrected chi connectivity index (χ0v) is 8.66. The molecule has 0 atom stereocenters. The van der Waals surface area contributed by atoms with Gasteiger partial charge in [0, 0.05) is 6.20 Å². The molecule has 14 heavy (non-hydrogen) atoms. The molecule has 0 radical (unpaired) electrons. The fourth-order valence-corrected chi connectivity index (χ4v) is 1.88. The summed E-state index contributed by atoms with van der Waals surface area (Å²) in [7, 11) is 0. The average Bonchev–Trinajstić information content (AvgIpc) is 2.76. The van der Waals surface area contributed by atoms with E-state index in [1.165, 1.54) is 0 Å². The summed E-state index contributed by atoms with van der Waals surface area (Å²) in [5, 5.41) is 14.2. The molecule has 0 saturated carbocycles. The summed E-state index contributed by atoms with van der Waals surface area (Å²) in [5.74, 6) is 0.533. The highest BCUT2D eigenvalue weighted by Gasteiger charge is 2.03. The van der Waals surface area contributed by atoms with Crippen molar-refractivity contribution in [1.29, 1.82) is 0 Å². The van der Waals surface area contributed by atoms with Gasteiger partial charge in [-0.25, -0.2) is 0 Å². The van der Waals surface area contributed by atoms with E-state index in [-0.39, 0.29) is 0 Å². The maximum absolute atomic E-state index is 5.50. The molecular weight excluding hydrogens is 198 g/mol. The summed E-state index contributed by atoms with van der Waals surface area (Å²) >= 11 is 1.61. The second-order valence-corrected chi connectivity index (χ2v) is 4.03. The van der Waals surface area contributed by atoms with Crippen LogP contribution < -0.4 is 5.73 Å². The minimum Gasteiger partial charge on any atom is -0.382 e. The third kappa shape index (κ3) is 1.90. The van der Waals surface area contributed by atoms with Crippen molar-refractivity contribution in [1.82, 2.24) is 20.0 Å². The molecule has 0 saturated heterocycles. The number of hydrogen-bond donors (Lipinski definition) is 1. The van der Waals surface area contributed by atoms with Gasteiger partial charge < -0.3 is 5.73 Å². The molecule has 0 amide bonds. The Morgan fingerprint density at radius 2 is 2.21 bits per heavy atom. The second-order valence-electron chi connectivity index (χ2n) is 2.88. The monoisotopic (exact) mass is 209 g/mol. The van der Waals surface area contributed by atoms with E-state index in [9.17, 15) is 0 Å². The Morgan fingerprint density at radius 1 is 1.43 bits per heavy atom. The zero-order valence-electron chi connectivity index (χ0n) is 7.84. The summed E-state index contributed by atoms with van der Waals surface area (Å²) in [6, 6.07) is 1.77. The van der Waals surface area contributed by atoms with Crippen LogP contribution in [-0.4, -0.2) is 20.0 Å². The Hall–Kier alpha value is -1.43. The number of nitrogen functional groups attached to an aromatic ring is 1. The van der Waals surface area contributed by atoms with Crippen LogP contribution in [0.5, 0.6) is 0 Å². The molecule has 2 aromatic heterocycles. The normalized spacial score (nSPS) is 10.6. The van der Waals surface area contributed by atoms with Gasteiger partial charge in [0.05, 0.1) is 6.54 Å².